The first-order valence-corrected chi connectivity index (χ1v) is 9.53. The highest BCUT2D eigenvalue weighted by atomic mass is 32.2. The lowest BCUT2D eigenvalue weighted by Gasteiger charge is -2.47. The summed E-state index contributed by atoms with van der Waals surface area (Å²) >= 11 is 1.40. The van der Waals surface area contributed by atoms with Crippen LogP contribution < -0.4 is 11.3 Å². The van der Waals surface area contributed by atoms with Gasteiger partial charge in [-0.2, -0.15) is 0 Å². The molecule has 2 rings (SSSR count). The van der Waals surface area contributed by atoms with Gasteiger partial charge < -0.3 is 20.1 Å². The second kappa shape index (κ2) is 9.06. The Morgan fingerprint density at radius 2 is 2.18 bits per heavy atom. The number of carbonyl (C=O) groups excluding carboxylic acids is 2. The molecule has 0 saturated carbocycles. The van der Waals surface area contributed by atoms with Crippen LogP contribution in [0.2, 0.25) is 0 Å². The van der Waals surface area contributed by atoms with Crippen molar-refractivity contribution in [3.63, 3.8) is 0 Å². The topological polar surface area (TPSA) is 156 Å². The van der Waals surface area contributed by atoms with Crippen LogP contribution in [0, 0.1) is 5.92 Å². The van der Waals surface area contributed by atoms with E-state index in [1.807, 2.05) is 0 Å². The van der Waals surface area contributed by atoms with Crippen molar-refractivity contribution in [1.82, 2.24) is 10.3 Å². The minimum atomic E-state index is -1.16. The van der Waals surface area contributed by atoms with Gasteiger partial charge in [0.25, 0.3) is 5.91 Å². The van der Waals surface area contributed by atoms with E-state index in [-0.39, 0.29) is 23.9 Å². The van der Waals surface area contributed by atoms with Crippen LogP contribution in [0.4, 0.5) is 0 Å². The number of amidine groups is 1. The number of amides is 1. The molecule has 11 nitrogen and oxygen atoms in total. The SMILES string of the molecule is CCOC(=O)C(C)C(=NOC)C(=NC1C(=O)N2C(C(=O)O)=C(C)CS[C@@H]12)NN. The van der Waals surface area contributed by atoms with Crippen LogP contribution in [0.25, 0.3) is 0 Å². The third-order valence-corrected chi connectivity index (χ3v) is 5.63. The number of nitrogens with one attached hydrogen (secondary N) is 1. The molecular weight excluding hydrogens is 390 g/mol. The molecule has 0 aromatic rings. The second-order valence-corrected chi connectivity index (χ2v) is 7.15. The monoisotopic (exact) mass is 413 g/mol. The largest absolute Gasteiger partial charge is 0.477 e. The zero-order valence-electron chi connectivity index (χ0n) is 16.0. The maximum atomic E-state index is 12.6. The number of nitrogens with zero attached hydrogens (tertiary/aromatic N) is 3. The average Bonchev–Trinajstić information content (AvgIpc) is 2.66. The number of carbonyl (C=O) groups is 3. The molecule has 2 aliphatic rings. The van der Waals surface area contributed by atoms with Crippen LogP contribution in [-0.4, -0.2) is 70.3 Å². The van der Waals surface area contributed by atoms with Crippen molar-refractivity contribution in [2.24, 2.45) is 21.9 Å². The first-order chi connectivity index (χ1) is 13.3. The van der Waals surface area contributed by atoms with Crippen LogP contribution in [-0.2, 0) is 24.0 Å². The average molecular weight is 413 g/mol. The molecule has 1 saturated heterocycles. The van der Waals surface area contributed by atoms with Crippen molar-refractivity contribution in [3.05, 3.63) is 11.3 Å². The Kier molecular flexibility index (Phi) is 7.02. The van der Waals surface area contributed by atoms with Gasteiger partial charge in [-0.1, -0.05) is 5.16 Å². The van der Waals surface area contributed by atoms with Gasteiger partial charge in [-0.05, 0) is 26.3 Å². The highest BCUT2D eigenvalue weighted by Crippen LogP contribution is 2.41. The molecule has 28 heavy (non-hydrogen) atoms. The molecule has 1 amide bonds. The Morgan fingerprint density at radius 3 is 2.71 bits per heavy atom. The summed E-state index contributed by atoms with van der Waals surface area (Å²) in [4.78, 5) is 46.4. The molecular formula is C16H23N5O6S. The number of β-lactam (4-membered cyclic amide) rings is 1. The van der Waals surface area contributed by atoms with Crippen molar-refractivity contribution >= 4 is 41.2 Å². The van der Waals surface area contributed by atoms with E-state index >= 15 is 0 Å². The molecule has 0 aliphatic carbocycles. The Labute approximate surface area is 166 Å². The lowest BCUT2D eigenvalue weighted by molar-refractivity contribution is -0.147. The number of hydrogen-bond acceptors (Lipinski definition) is 9. The minimum Gasteiger partial charge on any atom is -0.477 e. The Bertz CT molecular complexity index is 765. The molecule has 4 N–H and O–H groups in total. The van der Waals surface area contributed by atoms with Gasteiger partial charge in [0.1, 0.15) is 29.8 Å². The van der Waals surface area contributed by atoms with Gasteiger partial charge in [0.2, 0.25) is 0 Å². The lowest BCUT2D eigenvalue weighted by atomic mass is 10.0. The summed E-state index contributed by atoms with van der Waals surface area (Å²) in [5.74, 6) is 2.97. The summed E-state index contributed by atoms with van der Waals surface area (Å²) in [6, 6.07) is -0.866. The summed E-state index contributed by atoms with van der Waals surface area (Å²) in [7, 11) is 1.30. The quantitative estimate of drug-likeness (QED) is 0.127. The predicted octanol–water partition coefficient (Wildman–Crippen LogP) is -0.308. The fourth-order valence-corrected chi connectivity index (χ4v) is 4.14. The van der Waals surface area contributed by atoms with E-state index in [1.54, 1.807) is 20.8 Å². The van der Waals surface area contributed by atoms with Gasteiger partial charge in [0, 0.05) is 5.75 Å². The van der Waals surface area contributed by atoms with Crippen molar-refractivity contribution in [2.75, 3.05) is 19.5 Å². The number of nitrogens with two attached hydrogens (primary N) is 1. The van der Waals surface area contributed by atoms with Crippen molar-refractivity contribution in [3.8, 4) is 0 Å². The highest BCUT2D eigenvalue weighted by Gasteiger charge is 2.53. The number of aliphatic carboxylic acids is 1. The standard InChI is InChI=1S/C16H23N5O6S/c1-5-27-16(25)8(3)9(20-26-4)12(19-17)18-10-13(22)21-11(15(23)24)7(2)6-28-14(10)21/h8,10,14H,5-6,17H2,1-4H3,(H,18,19)(H,23,24)/t8?,10?,14-/m0/s1. The first kappa shape index (κ1) is 21.7. The molecule has 154 valence electrons. The van der Waals surface area contributed by atoms with E-state index in [1.165, 1.54) is 23.8 Å². The molecule has 3 atom stereocenters. The van der Waals surface area contributed by atoms with Gasteiger partial charge in [-0.25, -0.2) is 15.6 Å². The molecule has 0 aromatic carbocycles. The molecule has 2 aliphatic heterocycles. The number of fused-ring (bicyclic) bond motifs is 1. The first-order valence-electron chi connectivity index (χ1n) is 8.48. The summed E-state index contributed by atoms with van der Waals surface area (Å²) in [6.07, 6.45) is 0. The van der Waals surface area contributed by atoms with E-state index < -0.39 is 35.2 Å². The third kappa shape index (κ3) is 3.97. The summed E-state index contributed by atoms with van der Waals surface area (Å²) in [5, 5.41) is 12.7. The molecule has 0 aromatic heterocycles. The summed E-state index contributed by atoms with van der Waals surface area (Å²) in [5.41, 5.74) is 3.01. The number of ether oxygens (including phenoxy) is 1. The molecule has 1 fully saturated rings. The van der Waals surface area contributed by atoms with Gasteiger partial charge in [-0.3, -0.25) is 14.5 Å². The van der Waals surface area contributed by atoms with Gasteiger partial charge in [0.15, 0.2) is 11.9 Å². The smallest absolute Gasteiger partial charge is 0.352 e. The van der Waals surface area contributed by atoms with Crippen LogP contribution in [0.5, 0.6) is 0 Å². The molecule has 0 bridgehead atoms. The van der Waals surface area contributed by atoms with Gasteiger partial charge >= 0.3 is 11.9 Å². The molecule has 2 unspecified atom stereocenters. The number of thioether (sulfide) groups is 1. The van der Waals surface area contributed by atoms with E-state index in [0.29, 0.717) is 11.3 Å². The van der Waals surface area contributed by atoms with Gasteiger partial charge in [-0.15, -0.1) is 11.8 Å². The van der Waals surface area contributed by atoms with Crippen LogP contribution >= 0.6 is 11.8 Å². The summed E-state index contributed by atoms with van der Waals surface area (Å²) < 4.78 is 4.98. The number of esters is 1. The maximum Gasteiger partial charge on any atom is 0.352 e. The maximum absolute atomic E-state index is 12.6. The van der Waals surface area contributed by atoms with E-state index in [0.717, 1.165) is 0 Å². The van der Waals surface area contributed by atoms with Crippen LogP contribution in [0.3, 0.4) is 0 Å². The zero-order chi connectivity index (χ0) is 21.0. The number of hydrogen-bond donors (Lipinski definition) is 3. The number of aliphatic imine (C=N–C) groups is 1. The molecule has 0 radical (unpaired) electrons. The van der Waals surface area contributed by atoms with E-state index in [9.17, 15) is 19.5 Å². The highest BCUT2D eigenvalue weighted by molar-refractivity contribution is 8.00. The van der Waals surface area contributed by atoms with E-state index in [4.69, 9.17) is 15.4 Å². The Hall–Kier alpha value is -2.60. The number of carboxylic acid groups (broad SMARTS) is 1. The predicted molar refractivity (Wildman–Crippen MR) is 102 cm³/mol. The third-order valence-electron chi connectivity index (χ3n) is 4.22. The van der Waals surface area contributed by atoms with Crippen molar-refractivity contribution in [2.45, 2.75) is 32.2 Å². The number of oxime groups is 1. The second-order valence-electron chi connectivity index (χ2n) is 6.04. The Morgan fingerprint density at radius 1 is 1.50 bits per heavy atom. The molecule has 12 heteroatoms. The summed E-state index contributed by atoms with van der Waals surface area (Å²) in [6.45, 7) is 5.07. The fraction of sp³-hybridized carbons (Fsp3) is 0.562. The fourth-order valence-electron chi connectivity index (χ4n) is 2.86. The number of carboxylic acids is 1. The Balaban J connectivity index is 2.32. The zero-order valence-corrected chi connectivity index (χ0v) is 16.8. The molecule has 0 spiro atoms. The lowest BCUT2D eigenvalue weighted by Crippen LogP contribution is -2.64. The molecule has 2 heterocycles. The van der Waals surface area contributed by atoms with Crippen molar-refractivity contribution < 1.29 is 29.1 Å². The van der Waals surface area contributed by atoms with Gasteiger partial charge in [0.05, 0.1) is 6.61 Å². The van der Waals surface area contributed by atoms with Crippen LogP contribution in [0.15, 0.2) is 21.4 Å². The number of rotatable bonds is 7. The van der Waals surface area contributed by atoms with Crippen molar-refractivity contribution in [1.29, 1.82) is 0 Å². The number of hydrazine groups is 1. The normalized spacial score (nSPS) is 23.6. The van der Waals surface area contributed by atoms with E-state index in [2.05, 4.69) is 15.6 Å². The minimum absolute atomic E-state index is 0.0100. The van der Waals surface area contributed by atoms with Crippen LogP contribution in [0.1, 0.15) is 20.8 Å².